The molecule has 40 valence electrons. The van der Waals surface area contributed by atoms with Crippen molar-refractivity contribution in [3.05, 3.63) is 0 Å². The molecule has 2 nitrogen and oxygen atoms in total. The Hall–Kier alpha value is -0.660. The van der Waals surface area contributed by atoms with Crippen molar-refractivity contribution >= 4 is 12.4 Å². The average Bonchev–Trinajstić information content (AvgIpc) is 1.68. The summed E-state index contributed by atoms with van der Waals surface area (Å²) in [6.07, 6.45) is 0.957. The van der Waals surface area contributed by atoms with Gasteiger partial charge in [-0.25, -0.2) is 0 Å². The van der Waals surface area contributed by atoms with Crippen molar-refractivity contribution in [3.63, 3.8) is 0 Å². The fourth-order valence-corrected chi connectivity index (χ4v) is 0.191. The normalized spacial score (nSPS) is 11.4. The van der Waals surface area contributed by atoms with Crippen LogP contribution in [0.4, 0.5) is 0 Å². The summed E-state index contributed by atoms with van der Waals surface area (Å²) >= 11 is 0. The number of hydrogen-bond acceptors (Lipinski definition) is 2. The molecule has 0 heterocycles. The first-order chi connectivity index (χ1) is 3.31. The van der Waals surface area contributed by atoms with Gasteiger partial charge in [0.2, 0.25) is 0 Å². The highest BCUT2D eigenvalue weighted by Crippen LogP contribution is 1.81. The molecule has 2 heteroatoms. The van der Waals surface area contributed by atoms with Gasteiger partial charge in [0.05, 0.1) is 0 Å². The van der Waals surface area contributed by atoms with Crippen LogP contribution >= 0.6 is 0 Å². The molecule has 0 aliphatic heterocycles. The van der Waals surface area contributed by atoms with Gasteiger partial charge < -0.3 is 0 Å². The Bertz CT molecular complexity index is 84.1. The molecule has 0 radical (unpaired) electrons. The van der Waals surface area contributed by atoms with E-state index < -0.39 is 0 Å². The van der Waals surface area contributed by atoms with Crippen LogP contribution in [0.3, 0.4) is 0 Å². The summed E-state index contributed by atoms with van der Waals surface area (Å²) in [7, 11) is 0. The minimum Gasteiger partial charge on any atom is -0.167 e. The largest absolute Gasteiger partial charge is 0.167 e. The lowest BCUT2D eigenvalue weighted by Gasteiger charge is -1.83. The van der Waals surface area contributed by atoms with E-state index in [-0.39, 0.29) is 0 Å². The Morgan fingerprint density at radius 3 is 2.43 bits per heavy atom. The molecular formula is C5H10N2. The maximum Gasteiger partial charge on any atom is 0.0372 e. The molecule has 0 aromatic carbocycles. The molecule has 0 saturated heterocycles. The molecular weight excluding hydrogens is 88.1 g/mol. The molecule has 0 fully saturated rings. The molecule has 0 rings (SSSR count). The molecule has 0 aromatic heterocycles. The van der Waals surface area contributed by atoms with Gasteiger partial charge in [0, 0.05) is 12.4 Å². The minimum absolute atomic E-state index is 0.957. The van der Waals surface area contributed by atoms with Gasteiger partial charge in [0.1, 0.15) is 0 Å². The maximum absolute atomic E-state index is 3.67. The Balaban J connectivity index is 3.49. The summed E-state index contributed by atoms with van der Waals surface area (Å²) in [5.41, 5.74) is 1.02. The smallest absolute Gasteiger partial charge is 0.0372 e. The molecule has 0 amide bonds. The van der Waals surface area contributed by atoms with E-state index in [4.69, 9.17) is 0 Å². The monoisotopic (exact) mass is 98.1 g/mol. The van der Waals surface area contributed by atoms with E-state index >= 15 is 0 Å². The van der Waals surface area contributed by atoms with Crippen molar-refractivity contribution in [1.82, 2.24) is 0 Å². The summed E-state index contributed by atoms with van der Waals surface area (Å²) in [5.74, 6) is 0. The van der Waals surface area contributed by atoms with Gasteiger partial charge in [0.15, 0.2) is 0 Å². The van der Waals surface area contributed by atoms with Gasteiger partial charge in [0.25, 0.3) is 0 Å². The number of rotatable bonds is 2. The van der Waals surface area contributed by atoms with Crippen LogP contribution in [0.1, 0.15) is 20.3 Å². The van der Waals surface area contributed by atoms with Crippen LogP contribution in [0.5, 0.6) is 0 Å². The zero-order valence-corrected chi connectivity index (χ0v) is 4.81. The Kier molecular flexibility index (Phi) is 3.19. The van der Waals surface area contributed by atoms with Gasteiger partial charge in [-0.1, -0.05) is 6.92 Å². The highest BCUT2D eigenvalue weighted by molar-refractivity contribution is 5.81. The third-order valence-corrected chi connectivity index (χ3v) is 0.753. The van der Waals surface area contributed by atoms with Crippen molar-refractivity contribution in [2.24, 2.45) is 10.2 Å². The lowest BCUT2D eigenvalue weighted by atomic mass is 10.3. The molecule has 0 atom stereocenters. The van der Waals surface area contributed by atoms with E-state index in [1.165, 1.54) is 0 Å². The fourth-order valence-electron chi connectivity index (χ4n) is 0.191. The van der Waals surface area contributed by atoms with E-state index in [0.717, 1.165) is 12.1 Å². The zero-order chi connectivity index (χ0) is 5.70. The molecule has 0 aliphatic rings. The zero-order valence-electron chi connectivity index (χ0n) is 4.81. The van der Waals surface area contributed by atoms with Crippen LogP contribution in [-0.2, 0) is 0 Å². The van der Waals surface area contributed by atoms with Crippen molar-refractivity contribution in [2.45, 2.75) is 20.3 Å². The second-order valence-electron chi connectivity index (χ2n) is 1.33. The minimum atomic E-state index is 0.957. The number of nitrogens with zero attached hydrogens (tertiary/aromatic N) is 2. The SMILES string of the molecule is C=NN=C(C)CC. The van der Waals surface area contributed by atoms with Crippen molar-refractivity contribution < 1.29 is 0 Å². The Morgan fingerprint density at radius 2 is 2.29 bits per heavy atom. The molecule has 0 bridgehead atoms. The van der Waals surface area contributed by atoms with E-state index in [1.807, 2.05) is 13.8 Å². The molecule has 0 aromatic rings. The van der Waals surface area contributed by atoms with Crippen LogP contribution in [0.25, 0.3) is 0 Å². The van der Waals surface area contributed by atoms with Crippen molar-refractivity contribution in [2.75, 3.05) is 0 Å². The molecule has 0 aliphatic carbocycles. The van der Waals surface area contributed by atoms with Crippen LogP contribution < -0.4 is 0 Å². The highest BCUT2D eigenvalue weighted by atomic mass is 15.2. The lowest BCUT2D eigenvalue weighted by Crippen LogP contribution is -1.82. The number of hydrogen-bond donors (Lipinski definition) is 0. The summed E-state index contributed by atoms with van der Waals surface area (Å²) in [5, 5.41) is 7.02. The van der Waals surface area contributed by atoms with Crippen molar-refractivity contribution in [3.8, 4) is 0 Å². The van der Waals surface area contributed by atoms with E-state index in [2.05, 4.69) is 16.9 Å². The highest BCUT2D eigenvalue weighted by Gasteiger charge is 1.78. The maximum atomic E-state index is 3.67. The fraction of sp³-hybridized carbons (Fsp3) is 0.600. The van der Waals surface area contributed by atoms with Gasteiger partial charge in [-0.15, -0.1) is 0 Å². The third kappa shape index (κ3) is 3.16. The molecule has 0 N–H and O–H groups in total. The standard InChI is InChI=1S/C5H10N2/c1-4-5(2)7-6-3/h3-4H2,1-2H3. The Morgan fingerprint density at radius 1 is 1.71 bits per heavy atom. The average molecular weight is 98.1 g/mol. The van der Waals surface area contributed by atoms with Gasteiger partial charge in [-0.3, -0.25) is 0 Å². The molecule has 0 spiro atoms. The van der Waals surface area contributed by atoms with E-state index in [0.29, 0.717) is 0 Å². The first-order valence-corrected chi connectivity index (χ1v) is 2.30. The lowest BCUT2D eigenvalue weighted by molar-refractivity contribution is 1.17. The molecule has 7 heavy (non-hydrogen) atoms. The van der Waals surface area contributed by atoms with Gasteiger partial charge in [-0.05, 0) is 13.3 Å². The summed E-state index contributed by atoms with van der Waals surface area (Å²) < 4.78 is 0. The first-order valence-electron chi connectivity index (χ1n) is 2.30. The van der Waals surface area contributed by atoms with Gasteiger partial charge >= 0.3 is 0 Å². The third-order valence-electron chi connectivity index (χ3n) is 0.753. The van der Waals surface area contributed by atoms with Gasteiger partial charge in [-0.2, -0.15) is 10.2 Å². The Labute approximate surface area is 44.0 Å². The topological polar surface area (TPSA) is 24.7 Å². The van der Waals surface area contributed by atoms with Crippen LogP contribution in [0.15, 0.2) is 10.2 Å². The summed E-state index contributed by atoms with van der Waals surface area (Å²) in [4.78, 5) is 0. The quantitative estimate of drug-likeness (QED) is 0.369. The summed E-state index contributed by atoms with van der Waals surface area (Å²) in [6, 6.07) is 0. The van der Waals surface area contributed by atoms with Crippen molar-refractivity contribution in [1.29, 1.82) is 0 Å². The van der Waals surface area contributed by atoms with Crippen LogP contribution in [0.2, 0.25) is 0 Å². The molecule has 0 saturated carbocycles. The predicted molar refractivity (Wildman–Crippen MR) is 32.9 cm³/mol. The van der Waals surface area contributed by atoms with Crippen LogP contribution in [-0.4, -0.2) is 12.4 Å². The van der Waals surface area contributed by atoms with Crippen LogP contribution in [0, 0.1) is 0 Å². The van der Waals surface area contributed by atoms with E-state index in [1.54, 1.807) is 0 Å². The summed E-state index contributed by atoms with van der Waals surface area (Å²) in [6.45, 7) is 7.17. The first kappa shape index (κ1) is 6.34. The van der Waals surface area contributed by atoms with E-state index in [9.17, 15) is 0 Å². The second kappa shape index (κ2) is 3.53. The predicted octanol–water partition coefficient (Wildman–Crippen LogP) is 1.47. The second-order valence-corrected chi connectivity index (χ2v) is 1.33. The molecule has 0 unspecified atom stereocenters.